The second-order valence-electron chi connectivity index (χ2n) is 3.65. The summed E-state index contributed by atoms with van der Waals surface area (Å²) >= 11 is 0. The molecule has 0 radical (unpaired) electrons. The Morgan fingerprint density at radius 1 is 1.44 bits per heavy atom. The van der Waals surface area contributed by atoms with Gasteiger partial charge in [-0.3, -0.25) is 4.79 Å². The third-order valence-electron chi connectivity index (χ3n) is 2.41. The van der Waals surface area contributed by atoms with Gasteiger partial charge in [0.1, 0.15) is 11.5 Å². The summed E-state index contributed by atoms with van der Waals surface area (Å²) in [6.45, 7) is 1.70. The minimum Gasteiger partial charge on any atom is -0.497 e. The van der Waals surface area contributed by atoms with Crippen LogP contribution in [0.5, 0.6) is 11.5 Å². The van der Waals surface area contributed by atoms with E-state index in [1.54, 1.807) is 13.0 Å². The van der Waals surface area contributed by atoms with E-state index in [4.69, 9.17) is 21.6 Å². The van der Waals surface area contributed by atoms with E-state index < -0.39 is 0 Å². The van der Waals surface area contributed by atoms with Crippen molar-refractivity contribution in [1.82, 2.24) is 5.32 Å². The van der Waals surface area contributed by atoms with E-state index in [1.807, 2.05) is 0 Å². The van der Waals surface area contributed by atoms with Crippen molar-refractivity contribution in [3.05, 3.63) is 17.7 Å². The molecule has 0 aliphatic rings. The number of carbonyl (C=O) groups excluding carboxylic acids is 1. The monoisotopic (exact) mass is 248 g/mol. The summed E-state index contributed by atoms with van der Waals surface area (Å²) < 4.78 is 10.2. The highest BCUT2D eigenvalue weighted by atomic mass is 16.5. The van der Waals surface area contributed by atoms with E-state index in [-0.39, 0.29) is 23.2 Å². The molecule has 18 heavy (non-hydrogen) atoms. The summed E-state index contributed by atoms with van der Waals surface area (Å²) in [5.74, 6) is 2.91. The van der Waals surface area contributed by atoms with Crippen LogP contribution in [0.2, 0.25) is 0 Å². The molecule has 1 aromatic rings. The predicted octanol–water partition coefficient (Wildman–Crippen LogP) is 1.04. The molecule has 0 heterocycles. The van der Waals surface area contributed by atoms with E-state index >= 15 is 0 Å². The van der Waals surface area contributed by atoms with Gasteiger partial charge in [-0.05, 0) is 13.0 Å². The summed E-state index contributed by atoms with van der Waals surface area (Å²) in [5.41, 5.74) is 6.36. The minimum atomic E-state index is -0.380. The fourth-order valence-corrected chi connectivity index (χ4v) is 1.39. The van der Waals surface area contributed by atoms with Crippen LogP contribution in [-0.4, -0.2) is 26.2 Å². The number of nitrogens with one attached hydrogen (secondary N) is 1. The normalized spacial score (nSPS) is 11.2. The summed E-state index contributed by atoms with van der Waals surface area (Å²) in [7, 11) is 2.97. The molecule has 0 aliphatic heterocycles. The molecule has 5 nitrogen and oxygen atoms in total. The Labute approximate surface area is 106 Å². The zero-order chi connectivity index (χ0) is 13.7. The lowest BCUT2D eigenvalue weighted by atomic mass is 10.1. The second kappa shape index (κ2) is 5.82. The smallest absolute Gasteiger partial charge is 0.254 e. The van der Waals surface area contributed by atoms with Crippen molar-refractivity contribution >= 4 is 11.6 Å². The Morgan fingerprint density at radius 2 is 2.11 bits per heavy atom. The molecular weight excluding hydrogens is 232 g/mol. The molecule has 0 fully saturated rings. The van der Waals surface area contributed by atoms with Crippen LogP contribution >= 0.6 is 0 Å². The van der Waals surface area contributed by atoms with Gasteiger partial charge in [-0.15, -0.1) is 6.42 Å². The van der Waals surface area contributed by atoms with Crippen molar-refractivity contribution in [2.24, 2.45) is 0 Å². The zero-order valence-corrected chi connectivity index (χ0v) is 10.6. The molecule has 0 spiro atoms. The first kappa shape index (κ1) is 13.7. The van der Waals surface area contributed by atoms with Gasteiger partial charge in [-0.1, -0.05) is 5.92 Å². The highest BCUT2D eigenvalue weighted by Gasteiger charge is 2.16. The highest BCUT2D eigenvalue weighted by Crippen LogP contribution is 2.30. The van der Waals surface area contributed by atoms with Gasteiger partial charge in [0.05, 0.1) is 31.5 Å². The molecule has 3 N–H and O–H groups in total. The van der Waals surface area contributed by atoms with Crippen molar-refractivity contribution in [2.45, 2.75) is 13.0 Å². The highest BCUT2D eigenvalue weighted by molar-refractivity contribution is 6.01. The number of hydrogen-bond acceptors (Lipinski definition) is 4. The fourth-order valence-electron chi connectivity index (χ4n) is 1.39. The number of carbonyl (C=O) groups is 1. The van der Waals surface area contributed by atoms with Gasteiger partial charge in [-0.2, -0.15) is 0 Å². The Bertz CT molecular complexity index is 492. The number of nitrogen functional groups attached to an aromatic ring is 1. The standard InChI is InChI=1S/C13H16N2O3/c1-5-8(2)15-13(16)10-6-9(17-3)7-11(18-4)12(10)14/h1,6-8H,14H2,2-4H3,(H,15,16). The van der Waals surface area contributed by atoms with Crippen molar-refractivity contribution in [2.75, 3.05) is 20.0 Å². The third-order valence-corrected chi connectivity index (χ3v) is 2.41. The molecule has 0 aliphatic carbocycles. The Kier molecular flexibility index (Phi) is 4.44. The number of nitrogens with two attached hydrogens (primary N) is 1. The third kappa shape index (κ3) is 2.86. The topological polar surface area (TPSA) is 73.6 Å². The lowest BCUT2D eigenvalue weighted by Crippen LogP contribution is -2.31. The van der Waals surface area contributed by atoms with Crippen LogP contribution in [0.25, 0.3) is 0 Å². The van der Waals surface area contributed by atoms with E-state index in [1.165, 1.54) is 20.3 Å². The minimum absolute atomic E-state index is 0.250. The molecule has 0 bridgehead atoms. The average Bonchev–Trinajstić information content (AvgIpc) is 2.38. The lowest BCUT2D eigenvalue weighted by molar-refractivity contribution is 0.0948. The first-order valence-electron chi connectivity index (χ1n) is 5.32. The van der Waals surface area contributed by atoms with Crippen LogP contribution in [0.1, 0.15) is 17.3 Å². The van der Waals surface area contributed by atoms with Crippen LogP contribution < -0.4 is 20.5 Å². The first-order valence-corrected chi connectivity index (χ1v) is 5.32. The van der Waals surface area contributed by atoms with Crippen LogP contribution in [0.15, 0.2) is 12.1 Å². The number of hydrogen-bond donors (Lipinski definition) is 2. The van der Waals surface area contributed by atoms with Gasteiger partial charge in [0.2, 0.25) is 0 Å². The van der Waals surface area contributed by atoms with Crippen LogP contribution in [0.3, 0.4) is 0 Å². The molecule has 1 rings (SSSR count). The summed E-state index contributed by atoms with van der Waals surface area (Å²) in [4.78, 5) is 12.0. The number of ether oxygens (including phenoxy) is 2. The number of anilines is 1. The maximum absolute atomic E-state index is 12.0. The van der Waals surface area contributed by atoms with Gasteiger partial charge in [0.25, 0.3) is 5.91 Å². The van der Waals surface area contributed by atoms with Crippen molar-refractivity contribution in [3.63, 3.8) is 0 Å². The second-order valence-corrected chi connectivity index (χ2v) is 3.65. The summed E-state index contributed by atoms with van der Waals surface area (Å²) in [5, 5.41) is 2.62. The fraction of sp³-hybridized carbons (Fsp3) is 0.308. The zero-order valence-electron chi connectivity index (χ0n) is 10.6. The first-order chi connectivity index (χ1) is 8.53. The van der Waals surface area contributed by atoms with E-state index in [0.717, 1.165) is 0 Å². The van der Waals surface area contributed by atoms with Crippen molar-refractivity contribution in [1.29, 1.82) is 0 Å². The van der Waals surface area contributed by atoms with E-state index in [9.17, 15) is 4.79 Å². The van der Waals surface area contributed by atoms with Crippen molar-refractivity contribution < 1.29 is 14.3 Å². The number of terminal acetylenes is 1. The Morgan fingerprint density at radius 3 is 2.61 bits per heavy atom. The molecular formula is C13H16N2O3. The summed E-state index contributed by atoms with van der Waals surface area (Å²) in [6, 6.07) is 2.77. The molecule has 1 amide bonds. The molecule has 5 heteroatoms. The molecule has 0 aromatic heterocycles. The number of benzene rings is 1. The summed E-state index contributed by atoms with van der Waals surface area (Å²) in [6.07, 6.45) is 5.20. The Balaban J connectivity index is 3.15. The van der Waals surface area contributed by atoms with Crippen LogP contribution in [-0.2, 0) is 0 Å². The van der Waals surface area contributed by atoms with Gasteiger partial charge < -0.3 is 20.5 Å². The lowest BCUT2D eigenvalue weighted by Gasteiger charge is -2.13. The van der Waals surface area contributed by atoms with Crippen LogP contribution in [0, 0.1) is 12.3 Å². The molecule has 0 saturated heterocycles. The molecule has 0 saturated carbocycles. The van der Waals surface area contributed by atoms with Crippen LogP contribution in [0.4, 0.5) is 5.69 Å². The molecule has 1 atom stereocenters. The Hall–Kier alpha value is -2.35. The number of methoxy groups -OCH3 is 2. The maximum Gasteiger partial charge on any atom is 0.254 e. The molecule has 96 valence electrons. The molecule has 1 unspecified atom stereocenters. The molecule has 1 aromatic carbocycles. The van der Waals surface area contributed by atoms with Gasteiger partial charge >= 0.3 is 0 Å². The predicted molar refractivity (Wildman–Crippen MR) is 69.7 cm³/mol. The van der Waals surface area contributed by atoms with Gasteiger partial charge in [0.15, 0.2) is 0 Å². The van der Waals surface area contributed by atoms with E-state index in [2.05, 4.69) is 11.2 Å². The van der Waals surface area contributed by atoms with Gasteiger partial charge in [-0.25, -0.2) is 0 Å². The SMILES string of the molecule is C#CC(C)NC(=O)c1cc(OC)cc(OC)c1N. The maximum atomic E-state index is 12.0. The number of amides is 1. The number of rotatable bonds is 4. The van der Waals surface area contributed by atoms with Gasteiger partial charge in [0, 0.05) is 6.07 Å². The van der Waals surface area contributed by atoms with E-state index in [0.29, 0.717) is 11.5 Å². The quantitative estimate of drug-likeness (QED) is 0.616. The van der Waals surface area contributed by atoms with Crippen molar-refractivity contribution in [3.8, 4) is 23.8 Å². The average molecular weight is 248 g/mol. The largest absolute Gasteiger partial charge is 0.497 e.